The third-order valence-electron chi connectivity index (χ3n) is 1.84. The number of hydrogen-bond acceptors (Lipinski definition) is 3. The molecule has 3 nitrogen and oxygen atoms in total. The quantitative estimate of drug-likeness (QED) is 0.806. The predicted octanol–water partition coefficient (Wildman–Crippen LogP) is 1.40. The lowest BCUT2D eigenvalue weighted by Gasteiger charge is -2.00. The van der Waals surface area contributed by atoms with E-state index in [0.717, 1.165) is 16.9 Å². The van der Waals surface area contributed by atoms with Crippen LogP contribution >= 0.6 is 11.3 Å². The van der Waals surface area contributed by atoms with E-state index in [1.807, 2.05) is 0 Å². The maximum absolute atomic E-state index is 11.9. The van der Waals surface area contributed by atoms with Crippen molar-refractivity contribution in [2.45, 2.75) is 13.3 Å². The third kappa shape index (κ3) is 4.13. The Balaban J connectivity index is 2.75. The monoisotopic (exact) mass is 259 g/mol. The molecule has 0 saturated carbocycles. The number of aliphatic hydroxyl groups excluding tert-OH is 1. The van der Waals surface area contributed by atoms with Gasteiger partial charge in [0.15, 0.2) is 0 Å². The molecule has 0 aliphatic rings. The fraction of sp³-hybridized carbons (Fsp3) is 0.364. The molecule has 17 heavy (non-hydrogen) atoms. The molecule has 0 unspecified atom stereocenters. The van der Waals surface area contributed by atoms with Gasteiger partial charge >= 0.3 is 0 Å². The van der Waals surface area contributed by atoms with Gasteiger partial charge in [0.2, 0.25) is 0 Å². The summed E-state index contributed by atoms with van der Waals surface area (Å²) in [6.07, 6.45) is -2.56. The SMILES string of the molecule is Cc1cc(C(=O)NCC(F)F)sc1C#CCO. The molecule has 6 heteroatoms. The lowest BCUT2D eigenvalue weighted by atomic mass is 10.2. The van der Waals surface area contributed by atoms with E-state index in [-0.39, 0.29) is 6.61 Å². The zero-order chi connectivity index (χ0) is 12.8. The highest BCUT2D eigenvalue weighted by Gasteiger charge is 2.12. The van der Waals surface area contributed by atoms with Crippen molar-refractivity contribution in [3.8, 4) is 11.8 Å². The number of thiophene rings is 1. The molecule has 0 spiro atoms. The minimum atomic E-state index is -2.56. The second-order valence-corrected chi connectivity index (χ2v) is 4.24. The van der Waals surface area contributed by atoms with E-state index >= 15 is 0 Å². The van der Waals surface area contributed by atoms with Crippen molar-refractivity contribution >= 4 is 17.2 Å². The van der Waals surface area contributed by atoms with Crippen LogP contribution in [-0.4, -0.2) is 30.6 Å². The Morgan fingerprint density at radius 2 is 2.35 bits per heavy atom. The average molecular weight is 259 g/mol. The summed E-state index contributed by atoms with van der Waals surface area (Å²) in [4.78, 5) is 12.4. The highest BCUT2D eigenvalue weighted by molar-refractivity contribution is 7.14. The van der Waals surface area contributed by atoms with Gasteiger partial charge in [-0.1, -0.05) is 11.8 Å². The van der Waals surface area contributed by atoms with E-state index in [4.69, 9.17) is 5.11 Å². The van der Waals surface area contributed by atoms with Crippen LogP contribution in [0.3, 0.4) is 0 Å². The Labute approximate surface area is 101 Å². The first-order valence-corrected chi connectivity index (χ1v) is 5.62. The summed E-state index contributed by atoms with van der Waals surface area (Å²) in [7, 11) is 0. The molecule has 0 saturated heterocycles. The Bertz CT molecular complexity index is 460. The molecule has 0 atom stereocenters. The number of carbonyl (C=O) groups excluding carboxylic acids is 1. The van der Waals surface area contributed by atoms with Gasteiger partial charge in [-0.05, 0) is 18.6 Å². The smallest absolute Gasteiger partial charge is 0.261 e. The summed E-state index contributed by atoms with van der Waals surface area (Å²) < 4.78 is 23.8. The zero-order valence-corrected chi connectivity index (χ0v) is 9.91. The zero-order valence-electron chi connectivity index (χ0n) is 9.09. The summed E-state index contributed by atoms with van der Waals surface area (Å²) in [6, 6.07) is 1.59. The van der Waals surface area contributed by atoms with Gasteiger partial charge in [-0.3, -0.25) is 4.79 Å². The number of hydrogen-bond donors (Lipinski definition) is 2. The topological polar surface area (TPSA) is 49.3 Å². The van der Waals surface area contributed by atoms with Crippen molar-refractivity contribution < 1.29 is 18.7 Å². The number of alkyl halides is 2. The third-order valence-corrected chi connectivity index (χ3v) is 2.99. The summed E-state index contributed by atoms with van der Waals surface area (Å²) in [5.74, 6) is 4.63. The molecule has 2 N–H and O–H groups in total. The van der Waals surface area contributed by atoms with Gasteiger partial charge in [-0.25, -0.2) is 8.78 Å². The molecule has 92 valence electrons. The molecule has 0 aliphatic carbocycles. The molecule has 1 rings (SSSR count). The summed E-state index contributed by atoms with van der Waals surface area (Å²) >= 11 is 1.12. The van der Waals surface area contributed by atoms with E-state index in [1.54, 1.807) is 13.0 Å². The number of carbonyl (C=O) groups is 1. The molecule has 0 aromatic carbocycles. The molecular weight excluding hydrogens is 248 g/mol. The first-order valence-electron chi connectivity index (χ1n) is 4.81. The first-order chi connectivity index (χ1) is 8.04. The fourth-order valence-electron chi connectivity index (χ4n) is 1.09. The van der Waals surface area contributed by atoms with Crippen molar-refractivity contribution in [3.05, 3.63) is 21.4 Å². The standard InChI is InChI=1S/C11H11F2NO2S/c1-7-5-9(11(16)14-6-10(12)13)17-8(7)3-2-4-15/h5,10,15H,4,6H2,1H3,(H,14,16). The number of nitrogens with one attached hydrogen (secondary N) is 1. The Morgan fingerprint density at radius 3 is 2.94 bits per heavy atom. The lowest BCUT2D eigenvalue weighted by Crippen LogP contribution is -2.27. The Hall–Kier alpha value is -1.45. The van der Waals surface area contributed by atoms with Crippen LogP contribution in [0, 0.1) is 18.8 Å². The van der Waals surface area contributed by atoms with E-state index in [1.165, 1.54) is 0 Å². The number of amides is 1. The van der Waals surface area contributed by atoms with E-state index in [0.29, 0.717) is 9.75 Å². The van der Waals surface area contributed by atoms with Crippen molar-refractivity contribution in [3.63, 3.8) is 0 Å². The van der Waals surface area contributed by atoms with Gasteiger partial charge in [0.1, 0.15) is 6.61 Å². The number of rotatable bonds is 3. The van der Waals surface area contributed by atoms with Crippen LogP contribution in [0.5, 0.6) is 0 Å². The predicted molar refractivity (Wildman–Crippen MR) is 61.4 cm³/mol. The highest BCUT2D eigenvalue weighted by Crippen LogP contribution is 2.20. The van der Waals surface area contributed by atoms with Crippen molar-refractivity contribution in [2.24, 2.45) is 0 Å². The summed E-state index contributed by atoms with van der Waals surface area (Å²) in [6.45, 7) is 0.847. The van der Waals surface area contributed by atoms with Crippen LogP contribution in [0.1, 0.15) is 20.1 Å². The molecule has 1 aromatic heterocycles. The molecule has 1 heterocycles. The van der Waals surface area contributed by atoms with Crippen molar-refractivity contribution in [1.29, 1.82) is 0 Å². The maximum atomic E-state index is 11.9. The number of halogens is 2. The Kier molecular flexibility index (Phi) is 5.07. The largest absolute Gasteiger partial charge is 0.384 e. The van der Waals surface area contributed by atoms with Gasteiger partial charge in [0.25, 0.3) is 12.3 Å². The second kappa shape index (κ2) is 6.33. The summed E-state index contributed by atoms with van der Waals surface area (Å²) in [5.41, 5.74) is 0.790. The first kappa shape index (κ1) is 13.6. The molecule has 0 radical (unpaired) electrons. The molecule has 0 aliphatic heterocycles. The van der Waals surface area contributed by atoms with E-state index in [2.05, 4.69) is 17.2 Å². The van der Waals surface area contributed by atoms with Crippen molar-refractivity contribution in [1.82, 2.24) is 5.32 Å². The van der Waals surface area contributed by atoms with Crippen LogP contribution in [0.15, 0.2) is 6.07 Å². The average Bonchev–Trinajstić information content (AvgIpc) is 2.65. The molecule has 0 bridgehead atoms. The molecule has 1 amide bonds. The minimum absolute atomic E-state index is 0.260. The van der Waals surface area contributed by atoms with Gasteiger partial charge in [0.05, 0.1) is 16.3 Å². The van der Waals surface area contributed by atoms with E-state index < -0.39 is 18.9 Å². The van der Waals surface area contributed by atoms with Crippen LogP contribution in [-0.2, 0) is 0 Å². The molecule has 0 fully saturated rings. The van der Waals surface area contributed by atoms with Crippen LogP contribution in [0.2, 0.25) is 0 Å². The lowest BCUT2D eigenvalue weighted by molar-refractivity contribution is 0.0895. The van der Waals surface area contributed by atoms with Gasteiger partial charge in [0, 0.05) is 0 Å². The highest BCUT2D eigenvalue weighted by atomic mass is 32.1. The van der Waals surface area contributed by atoms with Crippen LogP contribution in [0.4, 0.5) is 8.78 Å². The normalized spacial score (nSPS) is 9.94. The fourth-order valence-corrected chi connectivity index (χ4v) is 2.06. The maximum Gasteiger partial charge on any atom is 0.261 e. The molecule has 1 aromatic rings. The van der Waals surface area contributed by atoms with Gasteiger partial charge in [-0.15, -0.1) is 11.3 Å². The number of aliphatic hydroxyl groups is 1. The van der Waals surface area contributed by atoms with Crippen molar-refractivity contribution in [2.75, 3.05) is 13.2 Å². The van der Waals surface area contributed by atoms with E-state index in [9.17, 15) is 13.6 Å². The Morgan fingerprint density at radius 1 is 1.65 bits per heavy atom. The number of aryl methyl sites for hydroxylation is 1. The van der Waals surface area contributed by atoms with Gasteiger partial charge in [-0.2, -0.15) is 0 Å². The second-order valence-electron chi connectivity index (χ2n) is 3.18. The van der Waals surface area contributed by atoms with Crippen LogP contribution in [0.25, 0.3) is 0 Å². The molecular formula is C11H11F2NO2S. The minimum Gasteiger partial charge on any atom is -0.384 e. The van der Waals surface area contributed by atoms with Gasteiger partial charge < -0.3 is 10.4 Å². The van der Waals surface area contributed by atoms with Crippen LogP contribution < -0.4 is 5.32 Å². The summed E-state index contributed by atoms with van der Waals surface area (Å²) in [5, 5.41) is 10.7.